The molecule has 0 saturated heterocycles. The van der Waals surface area contributed by atoms with Crippen LogP contribution in [0.3, 0.4) is 0 Å². The van der Waals surface area contributed by atoms with Crippen molar-refractivity contribution in [3.05, 3.63) is 53.6 Å². The van der Waals surface area contributed by atoms with Crippen LogP contribution < -0.4 is 0 Å². The molecule has 0 nitrogen and oxygen atoms in total. The molecule has 0 heteroatoms. The van der Waals surface area contributed by atoms with Crippen LogP contribution in [0.25, 0.3) is 5.57 Å². The van der Waals surface area contributed by atoms with Gasteiger partial charge in [0.25, 0.3) is 0 Å². The maximum Gasteiger partial charge on any atom is -0.0124 e. The molecule has 0 aliphatic heterocycles. The predicted octanol–water partition coefficient (Wildman–Crippen LogP) is 4.06. The topological polar surface area (TPSA) is 0 Å². The van der Waals surface area contributed by atoms with Crippen molar-refractivity contribution in [3.8, 4) is 0 Å². The Kier molecular flexibility index (Phi) is 2.53. The van der Waals surface area contributed by atoms with Crippen molar-refractivity contribution in [2.75, 3.05) is 0 Å². The Hall–Kier alpha value is -1.30. The van der Waals surface area contributed by atoms with Crippen molar-refractivity contribution in [1.82, 2.24) is 0 Å². The van der Waals surface area contributed by atoms with E-state index in [1.165, 1.54) is 11.1 Å². The second-order valence-corrected chi connectivity index (χ2v) is 4.10. The van der Waals surface area contributed by atoms with Crippen LogP contribution in [-0.4, -0.2) is 0 Å². The summed E-state index contributed by atoms with van der Waals surface area (Å²) in [6.45, 7) is 4.52. The fourth-order valence-electron chi connectivity index (χ4n) is 1.78. The number of benzene rings is 1. The minimum atomic E-state index is 0.674. The zero-order valence-corrected chi connectivity index (χ0v) is 8.83. The molecule has 0 radical (unpaired) electrons. The molecule has 0 N–H and O–H groups in total. The van der Waals surface area contributed by atoms with Gasteiger partial charge >= 0.3 is 0 Å². The Labute approximate surface area is 86.0 Å². The highest BCUT2D eigenvalue weighted by molar-refractivity contribution is 5.77. The Morgan fingerprint density at radius 3 is 2.36 bits per heavy atom. The molecule has 0 saturated carbocycles. The van der Waals surface area contributed by atoms with Crippen LogP contribution >= 0.6 is 0 Å². The van der Waals surface area contributed by atoms with E-state index in [-0.39, 0.29) is 0 Å². The quantitative estimate of drug-likeness (QED) is 0.650. The molecule has 2 rings (SSSR count). The molecular formula is C14H16. The van der Waals surface area contributed by atoms with Gasteiger partial charge in [0, 0.05) is 0 Å². The summed E-state index contributed by atoms with van der Waals surface area (Å²) in [5.74, 6) is 0.674. The second-order valence-electron chi connectivity index (χ2n) is 4.10. The van der Waals surface area contributed by atoms with E-state index in [1.807, 2.05) is 0 Å². The fraction of sp³-hybridized carbons (Fsp3) is 0.286. The molecule has 0 spiro atoms. The Morgan fingerprint density at radius 2 is 1.79 bits per heavy atom. The molecule has 1 aromatic rings. The molecule has 0 fully saturated rings. The van der Waals surface area contributed by atoms with Crippen molar-refractivity contribution < 1.29 is 0 Å². The fourth-order valence-corrected chi connectivity index (χ4v) is 1.78. The Balaban J connectivity index is 2.23. The van der Waals surface area contributed by atoms with E-state index in [0.29, 0.717) is 5.92 Å². The van der Waals surface area contributed by atoms with Gasteiger partial charge in [-0.3, -0.25) is 0 Å². The van der Waals surface area contributed by atoms with E-state index in [2.05, 4.69) is 56.3 Å². The molecule has 14 heavy (non-hydrogen) atoms. The van der Waals surface area contributed by atoms with E-state index in [4.69, 9.17) is 0 Å². The molecule has 0 unspecified atom stereocenters. The standard InChI is InChI=1S/C14H16/c1-11(2)13-8-9-14(10-13)12-6-4-3-5-7-12/h3-7,9-11H,8H2,1-2H3. The zero-order chi connectivity index (χ0) is 9.97. The van der Waals surface area contributed by atoms with Gasteiger partial charge in [-0.1, -0.05) is 61.9 Å². The summed E-state index contributed by atoms with van der Waals surface area (Å²) in [7, 11) is 0. The van der Waals surface area contributed by atoms with Crippen LogP contribution in [0.2, 0.25) is 0 Å². The molecule has 0 heterocycles. The molecule has 0 atom stereocenters. The van der Waals surface area contributed by atoms with Crippen LogP contribution in [0.4, 0.5) is 0 Å². The van der Waals surface area contributed by atoms with Crippen LogP contribution in [0.1, 0.15) is 25.8 Å². The van der Waals surface area contributed by atoms with E-state index in [0.717, 1.165) is 6.42 Å². The first-order chi connectivity index (χ1) is 6.77. The summed E-state index contributed by atoms with van der Waals surface area (Å²) < 4.78 is 0. The summed E-state index contributed by atoms with van der Waals surface area (Å²) in [5.41, 5.74) is 4.27. The third-order valence-corrected chi connectivity index (χ3v) is 2.75. The normalized spacial score (nSPS) is 15.6. The zero-order valence-electron chi connectivity index (χ0n) is 8.83. The van der Waals surface area contributed by atoms with Gasteiger partial charge in [-0.05, 0) is 23.5 Å². The van der Waals surface area contributed by atoms with Gasteiger partial charge in [0.1, 0.15) is 0 Å². The van der Waals surface area contributed by atoms with Crippen molar-refractivity contribution in [3.63, 3.8) is 0 Å². The van der Waals surface area contributed by atoms with Crippen LogP contribution in [0.5, 0.6) is 0 Å². The summed E-state index contributed by atoms with van der Waals surface area (Å²) in [4.78, 5) is 0. The lowest BCUT2D eigenvalue weighted by molar-refractivity contribution is 0.753. The summed E-state index contributed by atoms with van der Waals surface area (Å²) in [6.07, 6.45) is 5.78. The van der Waals surface area contributed by atoms with Gasteiger partial charge < -0.3 is 0 Å². The molecule has 0 amide bonds. The van der Waals surface area contributed by atoms with E-state index in [9.17, 15) is 0 Å². The van der Waals surface area contributed by atoms with Crippen molar-refractivity contribution >= 4 is 5.57 Å². The lowest BCUT2D eigenvalue weighted by Gasteiger charge is -2.03. The number of allylic oxidation sites excluding steroid dienone is 4. The highest BCUT2D eigenvalue weighted by atomic mass is 14.2. The van der Waals surface area contributed by atoms with Gasteiger partial charge in [0.05, 0.1) is 0 Å². The highest BCUT2D eigenvalue weighted by Gasteiger charge is 2.10. The van der Waals surface area contributed by atoms with Crippen LogP contribution in [0.15, 0.2) is 48.1 Å². The van der Waals surface area contributed by atoms with Gasteiger partial charge in [-0.25, -0.2) is 0 Å². The van der Waals surface area contributed by atoms with Crippen LogP contribution in [0, 0.1) is 5.92 Å². The minimum absolute atomic E-state index is 0.674. The van der Waals surface area contributed by atoms with E-state index in [1.54, 1.807) is 5.57 Å². The van der Waals surface area contributed by atoms with Gasteiger partial charge in [0.2, 0.25) is 0 Å². The van der Waals surface area contributed by atoms with Crippen molar-refractivity contribution in [1.29, 1.82) is 0 Å². The first-order valence-corrected chi connectivity index (χ1v) is 5.23. The molecule has 1 aliphatic carbocycles. The minimum Gasteiger partial charge on any atom is -0.0726 e. The van der Waals surface area contributed by atoms with Crippen molar-refractivity contribution in [2.45, 2.75) is 20.3 Å². The molecule has 1 aromatic carbocycles. The third-order valence-electron chi connectivity index (χ3n) is 2.75. The average molecular weight is 184 g/mol. The maximum atomic E-state index is 2.33. The number of hydrogen-bond donors (Lipinski definition) is 0. The maximum absolute atomic E-state index is 2.33. The first-order valence-electron chi connectivity index (χ1n) is 5.23. The summed E-state index contributed by atoms with van der Waals surface area (Å²) >= 11 is 0. The second kappa shape index (κ2) is 3.83. The molecule has 0 aromatic heterocycles. The average Bonchev–Trinajstić information content (AvgIpc) is 2.68. The summed E-state index contributed by atoms with van der Waals surface area (Å²) in [6, 6.07) is 10.6. The molecule has 0 bridgehead atoms. The predicted molar refractivity (Wildman–Crippen MR) is 62.0 cm³/mol. The monoisotopic (exact) mass is 184 g/mol. The third kappa shape index (κ3) is 1.79. The Morgan fingerprint density at radius 1 is 1.07 bits per heavy atom. The van der Waals surface area contributed by atoms with Crippen molar-refractivity contribution in [2.24, 2.45) is 5.92 Å². The van der Waals surface area contributed by atoms with Gasteiger partial charge in [-0.2, -0.15) is 0 Å². The largest absolute Gasteiger partial charge is 0.0726 e. The van der Waals surface area contributed by atoms with Crippen LogP contribution in [-0.2, 0) is 0 Å². The molecule has 1 aliphatic rings. The SMILES string of the molecule is CC(C)C1=CC(c2ccccc2)=CC1. The highest BCUT2D eigenvalue weighted by Crippen LogP contribution is 2.29. The first kappa shape index (κ1) is 9.26. The van der Waals surface area contributed by atoms with E-state index < -0.39 is 0 Å². The number of hydrogen-bond acceptors (Lipinski definition) is 0. The Bertz CT molecular complexity index is 366. The smallest absolute Gasteiger partial charge is 0.0124 e. The summed E-state index contributed by atoms with van der Waals surface area (Å²) in [5, 5.41) is 0. The molecule has 72 valence electrons. The number of rotatable bonds is 2. The lowest BCUT2D eigenvalue weighted by Crippen LogP contribution is -1.88. The van der Waals surface area contributed by atoms with Gasteiger partial charge in [0.15, 0.2) is 0 Å². The lowest BCUT2D eigenvalue weighted by atomic mass is 10.0. The van der Waals surface area contributed by atoms with E-state index >= 15 is 0 Å². The van der Waals surface area contributed by atoms with Gasteiger partial charge in [-0.15, -0.1) is 0 Å². The molecular weight excluding hydrogens is 168 g/mol.